The molecule has 2 aromatic carbocycles. The molecule has 26 heavy (non-hydrogen) atoms. The molecule has 1 aliphatic rings. The van der Waals surface area contributed by atoms with Gasteiger partial charge in [0.25, 0.3) is 0 Å². The molecule has 0 spiro atoms. The van der Waals surface area contributed by atoms with Gasteiger partial charge >= 0.3 is 0 Å². The number of rotatable bonds is 4. The summed E-state index contributed by atoms with van der Waals surface area (Å²) in [6, 6.07) is 18.9. The molecule has 0 bridgehead atoms. The lowest BCUT2D eigenvalue weighted by Gasteiger charge is -2.28. The summed E-state index contributed by atoms with van der Waals surface area (Å²) in [5.41, 5.74) is 2.45. The first-order chi connectivity index (χ1) is 12.7. The highest BCUT2D eigenvalue weighted by Crippen LogP contribution is 2.46. The van der Waals surface area contributed by atoms with Crippen LogP contribution in [-0.4, -0.2) is 37.9 Å². The third kappa shape index (κ3) is 2.75. The van der Waals surface area contributed by atoms with Crippen LogP contribution in [0.2, 0.25) is 0 Å². The Morgan fingerprint density at radius 1 is 1.04 bits per heavy atom. The molecular formula is C19H18N4O2S. The molecule has 3 N–H and O–H groups in total. The second-order valence-electron chi connectivity index (χ2n) is 5.90. The number of aliphatic hydroxyl groups excluding tert-OH is 2. The molecule has 0 saturated carbocycles. The summed E-state index contributed by atoms with van der Waals surface area (Å²) in [6.45, 7) is 0. The Hall–Kier alpha value is -2.77. The van der Waals surface area contributed by atoms with Gasteiger partial charge < -0.3 is 10.2 Å². The Kier molecular flexibility index (Phi) is 4.40. The summed E-state index contributed by atoms with van der Waals surface area (Å²) in [4.78, 5) is 6.08. The van der Waals surface area contributed by atoms with E-state index in [-0.39, 0.29) is 5.76 Å². The second-order valence-corrected chi connectivity index (χ2v) is 6.68. The van der Waals surface area contributed by atoms with Crippen LogP contribution in [0.15, 0.2) is 71.6 Å². The summed E-state index contributed by atoms with van der Waals surface area (Å²) in [5, 5.41) is 29.1. The van der Waals surface area contributed by atoms with Crippen LogP contribution < -0.4 is 4.90 Å². The van der Waals surface area contributed by atoms with Crippen molar-refractivity contribution in [3.63, 3.8) is 0 Å². The van der Waals surface area contributed by atoms with E-state index in [1.807, 2.05) is 66.9 Å². The number of aromatic nitrogens is 3. The van der Waals surface area contributed by atoms with Gasteiger partial charge in [0.2, 0.25) is 11.1 Å². The number of H-pyrrole nitrogens is 1. The number of anilines is 1. The van der Waals surface area contributed by atoms with E-state index in [9.17, 15) is 10.2 Å². The number of benzene rings is 2. The fourth-order valence-corrected chi connectivity index (χ4v) is 3.58. The smallest absolute Gasteiger partial charge is 0.225 e. The molecule has 3 aromatic rings. The van der Waals surface area contributed by atoms with Crippen molar-refractivity contribution in [1.82, 2.24) is 15.2 Å². The van der Waals surface area contributed by atoms with Gasteiger partial charge in [-0.25, -0.2) is 5.10 Å². The average Bonchev–Trinajstić information content (AvgIpc) is 3.26. The molecule has 0 fully saturated rings. The molecule has 6 nitrogen and oxygen atoms in total. The quantitative estimate of drug-likeness (QED) is 0.614. The number of hydrogen-bond acceptors (Lipinski definition) is 6. The van der Waals surface area contributed by atoms with E-state index in [2.05, 4.69) is 15.2 Å². The number of nitrogens with zero attached hydrogens (tertiary/aromatic N) is 3. The molecule has 0 aliphatic carbocycles. The van der Waals surface area contributed by atoms with Gasteiger partial charge in [-0.2, -0.15) is 4.98 Å². The van der Waals surface area contributed by atoms with E-state index in [1.165, 1.54) is 11.8 Å². The van der Waals surface area contributed by atoms with Crippen molar-refractivity contribution in [2.75, 3.05) is 11.2 Å². The second kappa shape index (κ2) is 6.86. The maximum Gasteiger partial charge on any atom is 0.225 e. The highest BCUT2D eigenvalue weighted by molar-refractivity contribution is 7.98. The van der Waals surface area contributed by atoms with Crippen LogP contribution in [0.1, 0.15) is 17.2 Å². The van der Waals surface area contributed by atoms with Crippen molar-refractivity contribution >= 4 is 23.3 Å². The van der Waals surface area contributed by atoms with Gasteiger partial charge in [-0.1, -0.05) is 72.4 Å². The number of aliphatic hydroxyl groups is 2. The minimum atomic E-state index is -1.21. The predicted molar refractivity (Wildman–Crippen MR) is 102 cm³/mol. The standard InChI is InChI=1S/C19H18N4O2S/c1-26-19-20-18(21-22-19)23-15(13-10-6-3-7-11-13)14(16(24)17(23)25)12-8-4-2-5-9-12/h2-11,15,17,24-25H,1H3,(H,20,21,22)/t15-,17-/m0/s1. The van der Waals surface area contributed by atoms with E-state index in [1.54, 1.807) is 4.90 Å². The Labute approximate surface area is 155 Å². The highest BCUT2D eigenvalue weighted by atomic mass is 32.2. The van der Waals surface area contributed by atoms with Gasteiger partial charge in [0.05, 0.1) is 6.04 Å². The Morgan fingerprint density at radius 2 is 1.69 bits per heavy atom. The largest absolute Gasteiger partial charge is 0.507 e. The Bertz CT molecular complexity index is 927. The molecule has 0 unspecified atom stereocenters. The molecule has 1 aliphatic heterocycles. The van der Waals surface area contributed by atoms with Gasteiger partial charge in [-0.05, 0) is 17.4 Å². The van der Waals surface area contributed by atoms with Crippen molar-refractivity contribution in [2.45, 2.75) is 17.4 Å². The van der Waals surface area contributed by atoms with E-state index in [4.69, 9.17) is 0 Å². The fraction of sp³-hybridized carbons (Fsp3) is 0.158. The molecule has 1 aromatic heterocycles. The number of thioether (sulfide) groups is 1. The first-order valence-corrected chi connectivity index (χ1v) is 9.39. The maximum absolute atomic E-state index is 10.8. The molecule has 0 amide bonds. The van der Waals surface area contributed by atoms with Crippen LogP contribution in [0, 0.1) is 0 Å². The van der Waals surface area contributed by atoms with E-state index >= 15 is 0 Å². The van der Waals surface area contributed by atoms with Crippen LogP contribution in [0.3, 0.4) is 0 Å². The maximum atomic E-state index is 10.8. The van der Waals surface area contributed by atoms with Crippen molar-refractivity contribution in [1.29, 1.82) is 0 Å². The fourth-order valence-electron chi connectivity index (χ4n) is 3.26. The van der Waals surface area contributed by atoms with E-state index < -0.39 is 12.3 Å². The van der Waals surface area contributed by atoms with Crippen molar-refractivity contribution in [3.8, 4) is 0 Å². The molecule has 4 rings (SSSR count). The lowest BCUT2D eigenvalue weighted by atomic mass is 9.94. The van der Waals surface area contributed by atoms with Crippen LogP contribution in [0.25, 0.3) is 5.57 Å². The minimum Gasteiger partial charge on any atom is -0.507 e. The zero-order valence-electron chi connectivity index (χ0n) is 14.1. The van der Waals surface area contributed by atoms with Gasteiger partial charge in [-0.3, -0.25) is 4.90 Å². The summed E-state index contributed by atoms with van der Waals surface area (Å²) in [5.74, 6) is 0.334. The number of aromatic amines is 1. The lowest BCUT2D eigenvalue weighted by molar-refractivity contribution is 0.156. The average molecular weight is 366 g/mol. The lowest BCUT2D eigenvalue weighted by Crippen LogP contribution is -2.35. The minimum absolute atomic E-state index is 0.0767. The molecule has 7 heteroatoms. The van der Waals surface area contributed by atoms with E-state index in [0.717, 1.165) is 11.1 Å². The molecule has 2 atom stereocenters. The first kappa shape index (κ1) is 16.7. The van der Waals surface area contributed by atoms with Gasteiger partial charge in [0, 0.05) is 5.57 Å². The summed E-state index contributed by atoms with van der Waals surface area (Å²) in [6.07, 6.45) is 0.672. The zero-order valence-corrected chi connectivity index (χ0v) is 14.9. The van der Waals surface area contributed by atoms with Crippen molar-refractivity contribution < 1.29 is 10.2 Å². The van der Waals surface area contributed by atoms with Crippen LogP contribution in [0.4, 0.5) is 5.95 Å². The van der Waals surface area contributed by atoms with Crippen LogP contribution in [0.5, 0.6) is 0 Å². The van der Waals surface area contributed by atoms with Crippen molar-refractivity contribution in [2.24, 2.45) is 0 Å². The normalized spacial score (nSPS) is 20.0. The monoisotopic (exact) mass is 366 g/mol. The SMILES string of the molecule is CSc1n[nH]c(N2[C@@H](c3ccccc3)C(c3ccccc3)=C(O)[C@@H]2O)n1. The molecule has 2 heterocycles. The number of nitrogens with one attached hydrogen (secondary N) is 1. The van der Waals surface area contributed by atoms with Gasteiger partial charge in [-0.15, -0.1) is 5.10 Å². The van der Waals surface area contributed by atoms with Crippen LogP contribution >= 0.6 is 11.8 Å². The first-order valence-electron chi connectivity index (χ1n) is 8.17. The van der Waals surface area contributed by atoms with Gasteiger partial charge in [0.1, 0.15) is 5.76 Å². The van der Waals surface area contributed by atoms with E-state index in [0.29, 0.717) is 16.7 Å². The summed E-state index contributed by atoms with van der Waals surface area (Å²) >= 11 is 1.41. The predicted octanol–water partition coefficient (Wildman–Crippen LogP) is 3.38. The molecule has 132 valence electrons. The summed E-state index contributed by atoms with van der Waals surface area (Å²) in [7, 11) is 0. The topological polar surface area (TPSA) is 85.3 Å². The third-order valence-electron chi connectivity index (χ3n) is 4.42. The Balaban J connectivity index is 1.87. The Morgan fingerprint density at radius 3 is 2.31 bits per heavy atom. The zero-order chi connectivity index (χ0) is 18.1. The van der Waals surface area contributed by atoms with Gasteiger partial charge in [0.15, 0.2) is 6.23 Å². The third-order valence-corrected chi connectivity index (χ3v) is 4.96. The van der Waals surface area contributed by atoms with Crippen LogP contribution in [-0.2, 0) is 0 Å². The highest BCUT2D eigenvalue weighted by Gasteiger charge is 2.43. The molecule has 0 saturated heterocycles. The van der Waals surface area contributed by atoms with Crippen molar-refractivity contribution in [3.05, 3.63) is 77.5 Å². The number of hydrogen-bond donors (Lipinski definition) is 3. The molecular weight excluding hydrogens is 348 g/mol. The summed E-state index contributed by atoms with van der Waals surface area (Å²) < 4.78 is 0. The molecule has 0 radical (unpaired) electrons.